The van der Waals surface area contributed by atoms with Crippen molar-refractivity contribution in [2.75, 3.05) is 0 Å². The van der Waals surface area contributed by atoms with E-state index in [0.29, 0.717) is 0 Å². The summed E-state index contributed by atoms with van der Waals surface area (Å²) < 4.78 is 0. The Morgan fingerprint density at radius 3 is 2.63 bits per heavy atom. The number of hydrogen-bond acceptors (Lipinski definition) is 2. The molecule has 0 spiro atoms. The summed E-state index contributed by atoms with van der Waals surface area (Å²) in [5.74, 6) is 1.02. The van der Waals surface area contributed by atoms with E-state index in [1.807, 2.05) is 30.0 Å². The molecular weight excluding hydrogens is 252 g/mol. The van der Waals surface area contributed by atoms with Gasteiger partial charge in [-0.1, -0.05) is 35.9 Å². The molecule has 0 radical (unpaired) electrons. The molecule has 2 nitrogen and oxygen atoms in total. The van der Waals surface area contributed by atoms with Crippen LogP contribution in [-0.2, 0) is 5.75 Å². The standard InChI is InChI=1S/C16H18N2S/c1-11-6-7-15(12(2)8-11)19-10-13-4-3-5-14(9-13)16(17)18/h3-9H,10H2,1-2H3,(H3,17,18). The molecule has 0 saturated carbocycles. The van der Waals surface area contributed by atoms with Crippen molar-refractivity contribution < 1.29 is 0 Å². The first-order valence-corrected chi connectivity index (χ1v) is 7.18. The van der Waals surface area contributed by atoms with Crippen LogP contribution in [0.3, 0.4) is 0 Å². The third-order valence-corrected chi connectivity index (χ3v) is 4.21. The monoisotopic (exact) mass is 270 g/mol. The second kappa shape index (κ2) is 5.93. The molecule has 2 aromatic rings. The van der Waals surface area contributed by atoms with Gasteiger partial charge in [0.2, 0.25) is 0 Å². The molecule has 2 aromatic carbocycles. The highest BCUT2D eigenvalue weighted by atomic mass is 32.2. The summed E-state index contributed by atoms with van der Waals surface area (Å²) in [5, 5.41) is 7.46. The van der Waals surface area contributed by atoms with Gasteiger partial charge in [0.15, 0.2) is 0 Å². The van der Waals surface area contributed by atoms with Crippen LogP contribution < -0.4 is 5.73 Å². The van der Waals surface area contributed by atoms with Crippen molar-refractivity contribution in [1.29, 1.82) is 5.41 Å². The van der Waals surface area contributed by atoms with E-state index in [4.69, 9.17) is 11.1 Å². The van der Waals surface area contributed by atoms with Gasteiger partial charge in [0, 0.05) is 16.2 Å². The van der Waals surface area contributed by atoms with Crippen molar-refractivity contribution in [1.82, 2.24) is 0 Å². The lowest BCUT2D eigenvalue weighted by Crippen LogP contribution is -2.10. The van der Waals surface area contributed by atoms with Gasteiger partial charge in [-0.2, -0.15) is 0 Å². The van der Waals surface area contributed by atoms with Crippen molar-refractivity contribution >= 4 is 17.6 Å². The van der Waals surface area contributed by atoms with E-state index in [-0.39, 0.29) is 5.84 Å². The minimum Gasteiger partial charge on any atom is -0.384 e. The zero-order chi connectivity index (χ0) is 13.8. The first kappa shape index (κ1) is 13.7. The summed E-state index contributed by atoms with van der Waals surface area (Å²) >= 11 is 1.82. The Hall–Kier alpha value is -1.74. The molecule has 0 unspecified atom stereocenters. The molecule has 0 aliphatic carbocycles. The molecule has 0 heterocycles. The molecule has 3 heteroatoms. The average molecular weight is 270 g/mol. The SMILES string of the molecule is Cc1ccc(SCc2cccc(C(=N)N)c2)c(C)c1. The molecule has 0 aliphatic heterocycles. The van der Waals surface area contributed by atoms with Gasteiger partial charge in [0.25, 0.3) is 0 Å². The van der Waals surface area contributed by atoms with Crippen LogP contribution in [0.15, 0.2) is 47.4 Å². The van der Waals surface area contributed by atoms with Crippen LogP contribution in [0.5, 0.6) is 0 Å². The Morgan fingerprint density at radius 1 is 1.16 bits per heavy atom. The van der Waals surface area contributed by atoms with Crippen molar-refractivity contribution in [3.8, 4) is 0 Å². The topological polar surface area (TPSA) is 49.9 Å². The Bertz CT molecular complexity index is 605. The summed E-state index contributed by atoms with van der Waals surface area (Å²) in [6.07, 6.45) is 0. The third kappa shape index (κ3) is 3.61. The Labute approximate surface area is 118 Å². The number of benzene rings is 2. The Kier molecular flexibility index (Phi) is 4.27. The number of amidine groups is 1. The molecule has 19 heavy (non-hydrogen) atoms. The van der Waals surface area contributed by atoms with E-state index in [1.54, 1.807) is 0 Å². The van der Waals surface area contributed by atoms with Crippen LogP contribution in [0, 0.1) is 19.3 Å². The summed E-state index contributed by atoms with van der Waals surface area (Å²) in [6.45, 7) is 4.25. The molecule has 0 aromatic heterocycles. The van der Waals surface area contributed by atoms with E-state index in [0.717, 1.165) is 11.3 Å². The quantitative estimate of drug-likeness (QED) is 0.503. The van der Waals surface area contributed by atoms with Gasteiger partial charge in [0.05, 0.1) is 0 Å². The molecule has 98 valence electrons. The predicted octanol–water partition coefficient (Wildman–Crippen LogP) is 3.88. The second-order valence-electron chi connectivity index (χ2n) is 4.67. The smallest absolute Gasteiger partial charge is 0.122 e. The normalized spacial score (nSPS) is 10.4. The third-order valence-electron chi connectivity index (χ3n) is 2.96. The van der Waals surface area contributed by atoms with E-state index >= 15 is 0 Å². The molecule has 2 rings (SSSR count). The number of nitrogens with two attached hydrogens (primary N) is 1. The number of nitrogen functional groups attached to an aromatic ring is 1. The van der Waals surface area contributed by atoms with Gasteiger partial charge < -0.3 is 5.73 Å². The van der Waals surface area contributed by atoms with E-state index in [1.165, 1.54) is 21.6 Å². The van der Waals surface area contributed by atoms with Crippen LogP contribution in [0.4, 0.5) is 0 Å². The van der Waals surface area contributed by atoms with Gasteiger partial charge in [-0.25, -0.2) is 0 Å². The summed E-state index contributed by atoms with van der Waals surface area (Å²) in [7, 11) is 0. The van der Waals surface area contributed by atoms with Gasteiger partial charge in [-0.05, 0) is 37.1 Å². The molecule has 3 N–H and O–H groups in total. The summed E-state index contributed by atoms with van der Waals surface area (Å²) in [4.78, 5) is 1.30. The van der Waals surface area contributed by atoms with Gasteiger partial charge in [0.1, 0.15) is 5.84 Å². The van der Waals surface area contributed by atoms with Crippen LogP contribution in [-0.4, -0.2) is 5.84 Å². The number of rotatable bonds is 4. The maximum absolute atomic E-state index is 7.46. The van der Waals surface area contributed by atoms with Gasteiger partial charge in [-0.3, -0.25) is 5.41 Å². The number of hydrogen-bond donors (Lipinski definition) is 2. The van der Waals surface area contributed by atoms with Crippen LogP contribution in [0.2, 0.25) is 0 Å². The fourth-order valence-corrected chi connectivity index (χ4v) is 2.90. The van der Waals surface area contributed by atoms with E-state index in [2.05, 4.69) is 38.1 Å². The number of aryl methyl sites for hydroxylation is 2. The highest BCUT2D eigenvalue weighted by Crippen LogP contribution is 2.26. The predicted molar refractivity (Wildman–Crippen MR) is 82.9 cm³/mol. The molecular formula is C16H18N2S. The number of thioether (sulfide) groups is 1. The lowest BCUT2D eigenvalue weighted by atomic mass is 10.1. The number of nitrogens with one attached hydrogen (secondary N) is 1. The highest BCUT2D eigenvalue weighted by Gasteiger charge is 2.02. The lowest BCUT2D eigenvalue weighted by molar-refractivity contribution is 1.25. The maximum Gasteiger partial charge on any atom is 0.122 e. The van der Waals surface area contributed by atoms with Crippen molar-refractivity contribution in [3.63, 3.8) is 0 Å². The fourth-order valence-electron chi connectivity index (χ4n) is 1.95. The molecule has 0 aliphatic rings. The van der Waals surface area contributed by atoms with Gasteiger partial charge >= 0.3 is 0 Å². The van der Waals surface area contributed by atoms with Crippen molar-refractivity contribution in [2.45, 2.75) is 24.5 Å². The molecule has 0 bridgehead atoms. The van der Waals surface area contributed by atoms with Crippen LogP contribution >= 0.6 is 11.8 Å². The minimum atomic E-state index is 0.123. The molecule has 0 saturated heterocycles. The van der Waals surface area contributed by atoms with Crippen LogP contribution in [0.1, 0.15) is 22.3 Å². The minimum absolute atomic E-state index is 0.123. The molecule has 0 amide bonds. The zero-order valence-electron chi connectivity index (χ0n) is 11.2. The fraction of sp³-hybridized carbons (Fsp3) is 0.188. The van der Waals surface area contributed by atoms with Gasteiger partial charge in [-0.15, -0.1) is 11.8 Å². The van der Waals surface area contributed by atoms with Crippen LogP contribution in [0.25, 0.3) is 0 Å². The first-order valence-electron chi connectivity index (χ1n) is 6.19. The van der Waals surface area contributed by atoms with E-state index in [9.17, 15) is 0 Å². The zero-order valence-corrected chi connectivity index (χ0v) is 12.1. The van der Waals surface area contributed by atoms with Crippen molar-refractivity contribution in [3.05, 3.63) is 64.7 Å². The highest BCUT2D eigenvalue weighted by molar-refractivity contribution is 7.98. The molecule has 0 atom stereocenters. The summed E-state index contributed by atoms with van der Waals surface area (Å²) in [5.41, 5.74) is 10.1. The Balaban J connectivity index is 2.10. The maximum atomic E-state index is 7.46. The lowest BCUT2D eigenvalue weighted by Gasteiger charge is -2.07. The van der Waals surface area contributed by atoms with Crippen molar-refractivity contribution in [2.24, 2.45) is 5.73 Å². The summed E-state index contributed by atoms with van der Waals surface area (Å²) in [6, 6.07) is 14.4. The largest absolute Gasteiger partial charge is 0.384 e. The van der Waals surface area contributed by atoms with E-state index < -0.39 is 0 Å². The Morgan fingerprint density at radius 2 is 1.95 bits per heavy atom. The second-order valence-corrected chi connectivity index (χ2v) is 5.69. The average Bonchev–Trinajstić information content (AvgIpc) is 2.38. The molecule has 0 fully saturated rings. The first-order chi connectivity index (χ1) is 9.06.